The normalized spacial score (nSPS) is 11.2. The van der Waals surface area contributed by atoms with Crippen LogP contribution in [0.2, 0.25) is 5.02 Å². The molecule has 0 unspecified atom stereocenters. The van der Waals surface area contributed by atoms with Crippen molar-refractivity contribution in [2.45, 2.75) is 19.0 Å². The van der Waals surface area contributed by atoms with Crippen molar-refractivity contribution in [1.82, 2.24) is 9.97 Å². The smallest absolute Gasteiger partial charge is 0.416 e. The second kappa shape index (κ2) is 11.6. The highest BCUT2D eigenvalue weighted by Gasteiger charge is 2.30. The van der Waals surface area contributed by atoms with Crippen molar-refractivity contribution in [3.8, 4) is 23.1 Å². The molecular weight excluding hydrogens is 539 g/mol. The lowest BCUT2D eigenvalue weighted by Gasteiger charge is -2.13. The van der Waals surface area contributed by atoms with E-state index in [2.05, 4.69) is 15.3 Å². The van der Waals surface area contributed by atoms with Gasteiger partial charge in [-0.2, -0.15) is 13.2 Å². The number of nitrogens with one attached hydrogen (secondary N) is 1. The van der Waals surface area contributed by atoms with E-state index >= 15 is 0 Å². The molecule has 202 valence electrons. The van der Waals surface area contributed by atoms with Crippen LogP contribution in [-0.4, -0.2) is 35.9 Å². The molecule has 1 N–H and O–H groups in total. The van der Waals surface area contributed by atoms with Crippen molar-refractivity contribution >= 4 is 39.9 Å². The molecule has 0 fully saturated rings. The number of halogens is 4. The Hall–Kier alpha value is -4.38. The summed E-state index contributed by atoms with van der Waals surface area (Å²) in [7, 11) is 3.02. The summed E-state index contributed by atoms with van der Waals surface area (Å²) >= 11 is 6.33. The van der Waals surface area contributed by atoms with Crippen molar-refractivity contribution in [2.24, 2.45) is 0 Å². The van der Waals surface area contributed by atoms with E-state index in [1.165, 1.54) is 38.6 Å². The number of rotatable bonds is 9. The number of nitrogens with zero attached hydrogens (tertiary/aromatic N) is 2. The number of carbonyl (C=O) groups excluding carboxylic acids is 2. The fourth-order valence-corrected chi connectivity index (χ4v) is 3.95. The van der Waals surface area contributed by atoms with Gasteiger partial charge in [-0.05, 0) is 29.8 Å². The molecule has 0 spiro atoms. The van der Waals surface area contributed by atoms with Gasteiger partial charge < -0.3 is 19.5 Å². The zero-order valence-electron chi connectivity index (χ0n) is 20.6. The van der Waals surface area contributed by atoms with Gasteiger partial charge in [0, 0.05) is 24.1 Å². The van der Waals surface area contributed by atoms with Crippen molar-refractivity contribution in [3.05, 3.63) is 77.1 Å². The van der Waals surface area contributed by atoms with E-state index in [0.717, 1.165) is 12.1 Å². The second-order valence-electron chi connectivity index (χ2n) is 8.29. The molecule has 0 aliphatic carbocycles. The van der Waals surface area contributed by atoms with Crippen LogP contribution in [0.3, 0.4) is 0 Å². The van der Waals surface area contributed by atoms with Gasteiger partial charge in [-0.3, -0.25) is 14.6 Å². The van der Waals surface area contributed by atoms with Crippen molar-refractivity contribution in [2.75, 3.05) is 19.5 Å². The summed E-state index contributed by atoms with van der Waals surface area (Å²) in [6, 6.07) is 10.8. The summed E-state index contributed by atoms with van der Waals surface area (Å²) < 4.78 is 55.2. The molecular formula is C27H21ClF3N3O5. The molecule has 1 amide bonds. The zero-order valence-corrected chi connectivity index (χ0v) is 21.4. The Kier molecular flexibility index (Phi) is 8.20. The number of pyridine rings is 2. The number of ketones is 1. The highest BCUT2D eigenvalue weighted by Crippen LogP contribution is 2.38. The van der Waals surface area contributed by atoms with Crippen LogP contribution in [0.4, 0.5) is 18.9 Å². The standard InChI is InChI=1S/C27H21ClF3N3O5/c1-37-23-12-19-21(13-24(23)38-2)32-7-6-22(19)39-26-20(28)10-17(14-33-26)34-25(36)11-18(35)9-15-4-3-5-16(8-15)27(29,30)31/h3-8,10,12-14H,9,11H2,1-2H3,(H,34,36). The van der Waals surface area contributed by atoms with Crippen LogP contribution in [0, 0.1) is 0 Å². The molecule has 0 bridgehead atoms. The van der Waals surface area contributed by atoms with E-state index in [4.69, 9.17) is 25.8 Å². The summed E-state index contributed by atoms with van der Waals surface area (Å²) in [5, 5.41) is 3.19. The predicted molar refractivity (Wildman–Crippen MR) is 138 cm³/mol. The van der Waals surface area contributed by atoms with Crippen molar-refractivity contribution < 1.29 is 37.0 Å². The number of Topliss-reactive ketones (excluding diaryl/α,β-unsaturated/α-hetero) is 1. The zero-order chi connectivity index (χ0) is 28.2. The van der Waals surface area contributed by atoms with E-state index in [1.54, 1.807) is 24.4 Å². The van der Waals surface area contributed by atoms with Crippen molar-refractivity contribution in [3.63, 3.8) is 0 Å². The number of benzene rings is 2. The van der Waals surface area contributed by atoms with Crippen LogP contribution in [0.1, 0.15) is 17.5 Å². The number of alkyl halides is 3. The van der Waals surface area contributed by atoms with Crippen LogP contribution in [0.25, 0.3) is 10.9 Å². The Morgan fingerprint density at radius 1 is 0.974 bits per heavy atom. The Morgan fingerprint density at radius 3 is 2.41 bits per heavy atom. The third-order valence-corrected chi connectivity index (χ3v) is 5.79. The van der Waals surface area contributed by atoms with Crippen LogP contribution < -0.4 is 19.5 Å². The first kappa shape index (κ1) is 27.6. The van der Waals surface area contributed by atoms with E-state index in [-0.39, 0.29) is 28.6 Å². The fraction of sp³-hybridized carbons (Fsp3) is 0.185. The Balaban J connectivity index is 1.42. The molecule has 4 aromatic rings. The maximum Gasteiger partial charge on any atom is 0.416 e. The maximum absolute atomic E-state index is 12.9. The van der Waals surface area contributed by atoms with Gasteiger partial charge in [0.25, 0.3) is 0 Å². The number of methoxy groups -OCH3 is 2. The highest BCUT2D eigenvalue weighted by atomic mass is 35.5. The van der Waals surface area contributed by atoms with Gasteiger partial charge >= 0.3 is 6.18 Å². The third kappa shape index (κ3) is 6.74. The molecule has 8 nitrogen and oxygen atoms in total. The van der Waals surface area contributed by atoms with Crippen LogP contribution in [-0.2, 0) is 22.2 Å². The molecule has 0 saturated heterocycles. The number of hydrogen-bond acceptors (Lipinski definition) is 7. The number of carbonyl (C=O) groups is 2. The van der Waals surface area contributed by atoms with Gasteiger partial charge in [-0.1, -0.05) is 29.8 Å². The monoisotopic (exact) mass is 559 g/mol. The van der Waals surface area contributed by atoms with Crippen LogP contribution in [0.5, 0.6) is 23.1 Å². The quantitative estimate of drug-likeness (QED) is 0.242. The Morgan fingerprint density at radius 2 is 1.72 bits per heavy atom. The Labute approximate surface area is 225 Å². The average Bonchev–Trinajstić information content (AvgIpc) is 2.89. The topological polar surface area (TPSA) is 99.6 Å². The molecule has 0 atom stereocenters. The SMILES string of the molecule is COc1cc2nccc(Oc3ncc(NC(=O)CC(=O)Cc4cccc(C(F)(F)F)c4)cc3Cl)c2cc1OC. The molecule has 0 saturated carbocycles. The molecule has 0 aliphatic heterocycles. The molecule has 2 aromatic carbocycles. The van der Waals surface area contributed by atoms with E-state index in [0.29, 0.717) is 28.2 Å². The summed E-state index contributed by atoms with van der Waals surface area (Å²) in [6.45, 7) is 0. The summed E-state index contributed by atoms with van der Waals surface area (Å²) in [6.07, 6.45) is -2.55. The van der Waals surface area contributed by atoms with Gasteiger partial charge in [0.15, 0.2) is 11.5 Å². The highest BCUT2D eigenvalue weighted by molar-refractivity contribution is 6.32. The van der Waals surface area contributed by atoms with E-state index in [1.807, 2.05) is 0 Å². The Bertz CT molecular complexity index is 1550. The van der Waals surface area contributed by atoms with Gasteiger partial charge in [-0.25, -0.2) is 4.98 Å². The lowest BCUT2D eigenvalue weighted by Crippen LogP contribution is -2.18. The van der Waals surface area contributed by atoms with Gasteiger partial charge in [0.1, 0.15) is 16.6 Å². The van der Waals surface area contributed by atoms with Crippen molar-refractivity contribution in [1.29, 1.82) is 0 Å². The molecule has 4 rings (SSSR count). The number of ether oxygens (including phenoxy) is 3. The molecule has 0 aliphatic rings. The molecule has 39 heavy (non-hydrogen) atoms. The second-order valence-corrected chi connectivity index (χ2v) is 8.69. The van der Waals surface area contributed by atoms with Crippen LogP contribution in [0.15, 0.2) is 60.9 Å². The van der Waals surface area contributed by atoms with E-state index < -0.39 is 29.9 Å². The van der Waals surface area contributed by atoms with E-state index in [9.17, 15) is 22.8 Å². The molecule has 0 radical (unpaired) electrons. The minimum atomic E-state index is -4.52. The number of hydrogen-bond donors (Lipinski definition) is 1. The predicted octanol–water partition coefficient (Wildman–Crippen LogP) is 6.25. The minimum absolute atomic E-state index is 0.0533. The maximum atomic E-state index is 12.9. The summed E-state index contributed by atoms with van der Waals surface area (Å²) in [4.78, 5) is 33.1. The summed E-state index contributed by atoms with van der Waals surface area (Å²) in [5.74, 6) is 0.203. The first-order valence-corrected chi connectivity index (χ1v) is 11.8. The summed E-state index contributed by atoms with van der Waals surface area (Å²) in [5.41, 5.74) is 0.0857. The number of amides is 1. The van der Waals surface area contributed by atoms with Gasteiger partial charge in [0.05, 0.1) is 43.6 Å². The lowest BCUT2D eigenvalue weighted by atomic mass is 10.0. The largest absolute Gasteiger partial charge is 0.493 e. The number of aromatic nitrogens is 2. The first-order chi connectivity index (χ1) is 18.6. The number of anilines is 1. The number of fused-ring (bicyclic) bond motifs is 1. The third-order valence-electron chi connectivity index (χ3n) is 5.52. The molecule has 2 heterocycles. The lowest BCUT2D eigenvalue weighted by molar-refractivity contribution is -0.137. The van der Waals surface area contributed by atoms with Gasteiger partial charge in [0.2, 0.25) is 11.8 Å². The first-order valence-electron chi connectivity index (χ1n) is 11.4. The van der Waals surface area contributed by atoms with Crippen LogP contribution >= 0.6 is 11.6 Å². The molecule has 2 aromatic heterocycles. The minimum Gasteiger partial charge on any atom is -0.493 e. The average molecular weight is 560 g/mol. The molecule has 12 heteroatoms. The fourth-order valence-electron chi connectivity index (χ4n) is 3.74. The van der Waals surface area contributed by atoms with Gasteiger partial charge in [-0.15, -0.1) is 0 Å².